The van der Waals surface area contributed by atoms with Crippen molar-refractivity contribution in [1.29, 1.82) is 0 Å². The minimum absolute atomic E-state index is 0. The van der Waals surface area contributed by atoms with Crippen LogP contribution >= 0.6 is 24.8 Å². The van der Waals surface area contributed by atoms with E-state index in [1.54, 1.807) is 0 Å². The molecule has 0 heterocycles. The van der Waals surface area contributed by atoms with Crippen LogP contribution in [0.1, 0.15) is 12.8 Å². The molecule has 5 nitrogen and oxygen atoms in total. The van der Waals surface area contributed by atoms with Gasteiger partial charge in [-0.15, -0.1) is 24.8 Å². The summed E-state index contributed by atoms with van der Waals surface area (Å²) >= 11 is 0. The van der Waals surface area contributed by atoms with Crippen LogP contribution in [0.5, 0.6) is 0 Å². The van der Waals surface area contributed by atoms with Gasteiger partial charge in [0.1, 0.15) is 6.10 Å². The molecule has 1 fully saturated rings. The second-order valence-electron chi connectivity index (χ2n) is 3.96. The molecule has 1 unspecified atom stereocenters. The molecule has 3 N–H and O–H groups in total. The van der Waals surface area contributed by atoms with E-state index in [1.165, 1.54) is 20.0 Å². The number of nitrogens with two attached hydrogens (primary N) is 1. The van der Waals surface area contributed by atoms with Crippen molar-refractivity contribution in [2.45, 2.75) is 25.0 Å². The van der Waals surface area contributed by atoms with Crippen molar-refractivity contribution in [2.24, 2.45) is 5.73 Å². The van der Waals surface area contributed by atoms with Gasteiger partial charge in [0.15, 0.2) is 0 Å². The third-order valence-electron chi connectivity index (χ3n) is 2.72. The number of hydrogen-bond donors (Lipinski definition) is 2. The number of rotatable bonds is 7. The molecule has 0 aromatic carbocycles. The first-order valence-electron chi connectivity index (χ1n) is 5.39. The smallest absolute Gasteiger partial charge is 0.250 e. The minimum Gasteiger partial charge on any atom is -0.370 e. The number of carbonyl (C=O) groups excluding carboxylic acids is 1. The molecular formula is C10H23Cl2N3O2. The summed E-state index contributed by atoms with van der Waals surface area (Å²) in [5, 5.41) is 2.81. The highest BCUT2D eigenvalue weighted by atomic mass is 35.5. The maximum atomic E-state index is 11.4. The molecule has 104 valence electrons. The Morgan fingerprint density at radius 2 is 2.12 bits per heavy atom. The molecule has 0 aromatic rings. The molecular weight excluding hydrogens is 265 g/mol. The van der Waals surface area contributed by atoms with Crippen LogP contribution in [-0.2, 0) is 9.53 Å². The second-order valence-corrected chi connectivity index (χ2v) is 3.96. The average Bonchev–Trinajstić information content (AvgIpc) is 3.02. The van der Waals surface area contributed by atoms with Crippen LogP contribution < -0.4 is 11.1 Å². The van der Waals surface area contributed by atoms with E-state index in [9.17, 15) is 4.79 Å². The van der Waals surface area contributed by atoms with Crippen LogP contribution in [0.15, 0.2) is 0 Å². The van der Waals surface area contributed by atoms with Gasteiger partial charge < -0.3 is 20.7 Å². The molecule has 0 radical (unpaired) electrons. The molecule has 0 spiro atoms. The number of hydrogen-bond acceptors (Lipinski definition) is 4. The van der Waals surface area contributed by atoms with Gasteiger partial charge in [0.05, 0.1) is 0 Å². The van der Waals surface area contributed by atoms with Crippen molar-refractivity contribution in [2.75, 3.05) is 33.8 Å². The highest BCUT2D eigenvalue weighted by Crippen LogP contribution is 2.24. The normalized spacial score (nSPS) is 15.8. The van der Waals surface area contributed by atoms with Crippen LogP contribution in [0.4, 0.5) is 0 Å². The summed E-state index contributed by atoms with van der Waals surface area (Å²) in [5.41, 5.74) is 5.38. The topological polar surface area (TPSA) is 67.6 Å². The van der Waals surface area contributed by atoms with Crippen LogP contribution in [0, 0.1) is 0 Å². The average molecular weight is 288 g/mol. The number of ether oxygens (including phenoxy) is 1. The Bertz CT molecular complexity index is 212. The van der Waals surface area contributed by atoms with Crippen LogP contribution in [0.25, 0.3) is 0 Å². The molecule has 0 aromatic heterocycles. The van der Waals surface area contributed by atoms with Gasteiger partial charge in [-0.05, 0) is 19.9 Å². The zero-order valence-electron chi connectivity index (χ0n) is 10.3. The summed E-state index contributed by atoms with van der Waals surface area (Å²) in [7, 11) is 3.58. The molecule has 1 rings (SSSR count). The standard InChI is InChI=1S/C10H21N3O2.2ClH/c1-13(8-3-4-8)6-5-12-10(14)9(7-11)15-2;;/h8-9H,3-7,11H2,1-2H3,(H,12,14);2*1H. The van der Waals surface area contributed by atoms with Crippen LogP contribution in [-0.4, -0.2) is 56.7 Å². The third kappa shape index (κ3) is 7.06. The monoisotopic (exact) mass is 287 g/mol. The number of methoxy groups -OCH3 is 1. The molecule has 0 aliphatic heterocycles. The van der Waals surface area contributed by atoms with E-state index < -0.39 is 6.10 Å². The van der Waals surface area contributed by atoms with E-state index in [2.05, 4.69) is 17.3 Å². The van der Waals surface area contributed by atoms with Gasteiger partial charge in [0.2, 0.25) is 5.91 Å². The number of nitrogens with zero attached hydrogens (tertiary/aromatic N) is 1. The van der Waals surface area contributed by atoms with E-state index >= 15 is 0 Å². The first kappa shape index (κ1) is 19.3. The highest BCUT2D eigenvalue weighted by molar-refractivity contribution is 5.85. The lowest BCUT2D eigenvalue weighted by molar-refractivity contribution is -0.130. The predicted octanol–water partition coefficient (Wildman–Crippen LogP) is 0.0141. The summed E-state index contributed by atoms with van der Waals surface area (Å²) in [6.45, 7) is 1.77. The molecule has 1 saturated carbocycles. The van der Waals surface area contributed by atoms with E-state index in [1.807, 2.05) is 0 Å². The van der Waals surface area contributed by atoms with E-state index in [0.717, 1.165) is 12.6 Å². The predicted molar refractivity (Wildman–Crippen MR) is 73.0 cm³/mol. The SMILES string of the molecule is COC(CN)C(=O)NCCN(C)C1CC1.Cl.Cl. The maximum absolute atomic E-state index is 11.4. The fraction of sp³-hybridized carbons (Fsp3) is 0.900. The summed E-state index contributed by atoms with van der Waals surface area (Å²) < 4.78 is 4.93. The van der Waals surface area contributed by atoms with Crippen molar-refractivity contribution in [1.82, 2.24) is 10.2 Å². The highest BCUT2D eigenvalue weighted by Gasteiger charge is 2.25. The van der Waals surface area contributed by atoms with Gasteiger partial charge in [0.25, 0.3) is 0 Å². The Hall–Kier alpha value is -0.0700. The van der Waals surface area contributed by atoms with Crippen molar-refractivity contribution >= 4 is 30.7 Å². The van der Waals surface area contributed by atoms with Gasteiger partial charge in [-0.3, -0.25) is 4.79 Å². The Morgan fingerprint density at radius 1 is 1.53 bits per heavy atom. The fourth-order valence-electron chi connectivity index (χ4n) is 1.48. The third-order valence-corrected chi connectivity index (χ3v) is 2.72. The molecule has 7 heteroatoms. The summed E-state index contributed by atoms with van der Waals surface area (Å²) in [6.07, 6.45) is 2.05. The van der Waals surface area contributed by atoms with Gasteiger partial charge in [-0.1, -0.05) is 0 Å². The quantitative estimate of drug-likeness (QED) is 0.693. The molecule has 1 atom stereocenters. The first-order valence-corrected chi connectivity index (χ1v) is 5.39. The van der Waals surface area contributed by atoms with Crippen LogP contribution in [0.2, 0.25) is 0 Å². The Morgan fingerprint density at radius 3 is 2.53 bits per heavy atom. The molecule has 1 aliphatic carbocycles. The lowest BCUT2D eigenvalue weighted by Gasteiger charge is -2.17. The molecule has 0 bridgehead atoms. The number of amides is 1. The molecule has 17 heavy (non-hydrogen) atoms. The number of likely N-dealkylation sites (N-methyl/N-ethyl adjacent to an activating group) is 1. The molecule has 1 amide bonds. The lowest BCUT2D eigenvalue weighted by atomic mass is 10.3. The van der Waals surface area contributed by atoms with Gasteiger partial charge in [-0.2, -0.15) is 0 Å². The molecule has 1 aliphatic rings. The summed E-state index contributed by atoms with van der Waals surface area (Å²) in [5.74, 6) is -0.121. The molecule has 0 saturated heterocycles. The van der Waals surface area contributed by atoms with E-state index in [4.69, 9.17) is 10.5 Å². The Kier molecular flexibility index (Phi) is 11.2. The lowest BCUT2D eigenvalue weighted by Crippen LogP contribution is -2.43. The van der Waals surface area contributed by atoms with Gasteiger partial charge in [0, 0.05) is 32.8 Å². The van der Waals surface area contributed by atoms with E-state index in [0.29, 0.717) is 6.54 Å². The van der Waals surface area contributed by atoms with Gasteiger partial charge >= 0.3 is 0 Å². The van der Waals surface area contributed by atoms with Crippen LogP contribution in [0.3, 0.4) is 0 Å². The Balaban J connectivity index is 0. The van der Waals surface area contributed by atoms with E-state index in [-0.39, 0.29) is 37.3 Å². The van der Waals surface area contributed by atoms with Crippen molar-refractivity contribution in [3.8, 4) is 0 Å². The zero-order chi connectivity index (χ0) is 11.3. The number of halogens is 2. The summed E-state index contributed by atoms with van der Waals surface area (Å²) in [4.78, 5) is 13.7. The maximum Gasteiger partial charge on any atom is 0.250 e. The van der Waals surface area contributed by atoms with Crippen molar-refractivity contribution in [3.63, 3.8) is 0 Å². The second kappa shape index (κ2) is 9.91. The largest absolute Gasteiger partial charge is 0.370 e. The minimum atomic E-state index is -0.517. The first-order chi connectivity index (χ1) is 7.19. The van der Waals surface area contributed by atoms with Crippen molar-refractivity contribution in [3.05, 3.63) is 0 Å². The number of nitrogens with one attached hydrogen (secondary N) is 1. The van der Waals surface area contributed by atoms with Gasteiger partial charge in [-0.25, -0.2) is 0 Å². The Labute approximate surface area is 115 Å². The zero-order valence-corrected chi connectivity index (χ0v) is 12.0. The van der Waals surface area contributed by atoms with Crippen molar-refractivity contribution < 1.29 is 9.53 Å². The summed E-state index contributed by atoms with van der Waals surface area (Å²) in [6, 6.07) is 0.731. The number of carbonyl (C=O) groups is 1. The fourth-order valence-corrected chi connectivity index (χ4v) is 1.48.